The quantitative estimate of drug-likeness (QED) is 0.442. The summed E-state index contributed by atoms with van der Waals surface area (Å²) in [6.07, 6.45) is 1.76. The second kappa shape index (κ2) is 8.52. The van der Waals surface area contributed by atoms with Crippen LogP contribution < -0.4 is 14.8 Å². The predicted octanol–water partition coefficient (Wildman–Crippen LogP) is 4.22. The van der Waals surface area contributed by atoms with Gasteiger partial charge in [0.2, 0.25) is 0 Å². The second-order valence-corrected chi connectivity index (χ2v) is 7.59. The van der Waals surface area contributed by atoms with Gasteiger partial charge in [-0.2, -0.15) is 0 Å². The number of benzene rings is 2. The van der Waals surface area contributed by atoms with Gasteiger partial charge >= 0.3 is 0 Å². The van der Waals surface area contributed by atoms with Gasteiger partial charge in [-0.25, -0.2) is 0 Å². The normalized spacial score (nSPS) is 13.9. The molecule has 1 aliphatic rings. The average molecular weight is 402 g/mol. The Morgan fingerprint density at radius 1 is 1.14 bits per heavy atom. The molecular formula is C20H22N2O5S. The summed E-state index contributed by atoms with van der Waals surface area (Å²) in [5, 5.41) is 14.3. The zero-order chi connectivity index (χ0) is 20.3. The lowest BCUT2D eigenvalue weighted by molar-refractivity contribution is -0.387. The summed E-state index contributed by atoms with van der Waals surface area (Å²) < 4.78 is 11.2. The molecule has 0 spiro atoms. The van der Waals surface area contributed by atoms with E-state index >= 15 is 0 Å². The van der Waals surface area contributed by atoms with Gasteiger partial charge in [0.15, 0.2) is 11.5 Å². The number of thioether (sulfide) groups is 1. The van der Waals surface area contributed by atoms with Gasteiger partial charge in [-0.15, -0.1) is 11.8 Å². The summed E-state index contributed by atoms with van der Waals surface area (Å²) in [7, 11) is 0. The first-order chi connectivity index (χ1) is 13.4. The molecule has 0 aromatic heterocycles. The fourth-order valence-corrected chi connectivity index (χ4v) is 3.63. The summed E-state index contributed by atoms with van der Waals surface area (Å²) in [5.74, 6) is 1.09. The Morgan fingerprint density at radius 3 is 2.50 bits per heavy atom. The summed E-state index contributed by atoms with van der Waals surface area (Å²) in [6, 6.07) is 9.87. The number of hydrogen-bond acceptors (Lipinski definition) is 6. The maximum Gasteiger partial charge on any atom is 0.283 e. The van der Waals surface area contributed by atoms with Crippen LogP contribution >= 0.6 is 11.8 Å². The number of hydrogen-bond donors (Lipinski definition) is 1. The lowest BCUT2D eigenvalue weighted by Crippen LogP contribution is -2.32. The summed E-state index contributed by atoms with van der Waals surface area (Å²) in [5.41, 5.74) is 1.08. The van der Waals surface area contributed by atoms with Crippen LogP contribution in [0.15, 0.2) is 41.3 Å². The van der Waals surface area contributed by atoms with Crippen LogP contribution in [0.4, 0.5) is 5.69 Å². The van der Waals surface area contributed by atoms with E-state index < -0.39 is 4.92 Å². The number of nitro groups is 1. The lowest BCUT2D eigenvalue weighted by Gasteiger charge is -2.25. The minimum Gasteiger partial charge on any atom is -0.486 e. The Bertz CT molecular complexity index is 900. The molecule has 148 valence electrons. The van der Waals surface area contributed by atoms with E-state index in [2.05, 4.69) is 5.32 Å². The third-order valence-corrected chi connectivity index (χ3v) is 5.30. The highest BCUT2D eigenvalue weighted by atomic mass is 32.2. The molecule has 0 radical (unpaired) electrons. The highest BCUT2D eigenvalue weighted by Crippen LogP contribution is 2.35. The number of rotatable bonds is 6. The highest BCUT2D eigenvalue weighted by Gasteiger charge is 2.23. The highest BCUT2D eigenvalue weighted by molar-refractivity contribution is 7.98. The van der Waals surface area contributed by atoms with E-state index in [9.17, 15) is 14.9 Å². The van der Waals surface area contributed by atoms with Gasteiger partial charge in [0.25, 0.3) is 11.6 Å². The molecule has 0 saturated heterocycles. The smallest absolute Gasteiger partial charge is 0.283 e. The fraction of sp³-hybridized carbons (Fsp3) is 0.350. The zero-order valence-corrected chi connectivity index (χ0v) is 16.7. The number of fused-ring (bicyclic) bond motifs is 1. The van der Waals surface area contributed by atoms with Crippen LogP contribution in [0.1, 0.15) is 35.8 Å². The number of nitrogens with zero attached hydrogens (tertiary/aromatic N) is 1. The molecule has 2 aromatic carbocycles. The molecule has 1 amide bonds. The summed E-state index contributed by atoms with van der Waals surface area (Å²) in [6.45, 7) is 5.00. The van der Waals surface area contributed by atoms with Crippen molar-refractivity contribution in [3.8, 4) is 11.5 Å². The lowest BCUT2D eigenvalue weighted by atomic mass is 9.95. The number of carbonyl (C=O) groups is 1. The van der Waals surface area contributed by atoms with Crippen molar-refractivity contribution in [2.24, 2.45) is 5.92 Å². The van der Waals surface area contributed by atoms with E-state index in [-0.39, 0.29) is 29.1 Å². The number of nitro benzene ring substituents is 1. The molecule has 0 bridgehead atoms. The monoisotopic (exact) mass is 402 g/mol. The van der Waals surface area contributed by atoms with E-state index in [1.165, 1.54) is 17.8 Å². The van der Waals surface area contributed by atoms with Crippen LogP contribution in [0.3, 0.4) is 0 Å². The average Bonchev–Trinajstić information content (AvgIpc) is 2.70. The van der Waals surface area contributed by atoms with Gasteiger partial charge in [-0.3, -0.25) is 14.9 Å². The first kappa shape index (κ1) is 20.0. The molecule has 0 fully saturated rings. The van der Waals surface area contributed by atoms with Crippen molar-refractivity contribution >= 4 is 23.4 Å². The fourth-order valence-electron chi connectivity index (χ4n) is 3.09. The number of carbonyl (C=O) groups excluding carboxylic acids is 1. The minimum absolute atomic E-state index is 0.0689. The molecule has 2 aromatic rings. The van der Waals surface area contributed by atoms with Crippen LogP contribution in [0.25, 0.3) is 0 Å². The standard InChI is InChI=1S/C20H22N2O5S/c1-12(2)19(13-4-6-16-17(11-13)27-9-8-26-16)21-20(23)14-5-7-18(28-3)15(10-14)22(24)25/h4-7,10-12,19H,8-9H2,1-3H3,(H,21,23)/t19-/m0/s1. The van der Waals surface area contributed by atoms with Crippen LogP contribution in [-0.4, -0.2) is 30.3 Å². The molecule has 28 heavy (non-hydrogen) atoms. The Hall–Kier alpha value is -2.74. The van der Waals surface area contributed by atoms with Crippen molar-refractivity contribution in [1.29, 1.82) is 0 Å². The van der Waals surface area contributed by atoms with Crippen LogP contribution in [0.2, 0.25) is 0 Å². The molecule has 0 saturated carbocycles. The Balaban J connectivity index is 1.86. The predicted molar refractivity (Wildman–Crippen MR) is 107 cm³/mol. The SMILES string of the molecule is CSc1ccc(C(=O)N[C@H](c2ccc3c(c2)OCCO3)C(C)C)cc1[N+](=O)[O-]. The van der Waals surface area contributed by atoms with Crippen molar-refractivity contribution in [3.63, 3.8) is 0 Å². The van der Waals surface area contributed by atoms with E-state index in [4.69, 9.17) is 9.47 Å². The summed E-state index contributed by atoms with van der Waals surface area (Å²) in [4.78, 5) is 24.1. The molecule has 1 aliphatic heterocycles. The van der Waals surface area contributed by atoms with E-state index in [0.29, 0.717) is 29.6 Å². The number of nitrogens with one attached hydrogen (secondary N) is 1. The third-order valence-electron chi connectivity index (χ3n) is 4.52. The molecule has 1 N–H and O–H groups in total. The van der Waals surface area contributed by atoms with Crippen LogP contribution in [-0.2, 0) is 0 Å². The maximum atomic E-state index is 12.8. The first-order valence-electron chi connectivity index (χ1n) is 8.93. The van der Waals surface area contributed by atoms with Crippen LogP contribution in [0, 0.1) is 16.0 Å². The molecular weight excluding hydrogens is 380 g/mol. The van der Waals surface area contributed by atoms with Gasteiger partial charge in [0.1, 0.15) is 13.2 Å². The van der Waals surface area contributed by atoms with Crippen molar-refractivity contribution in [3.05, 3.63) is 57.6 Å². The Kier molecular flexibility index (Phi) is 6.08. The van der Waals surface area contributed by atoms with Crippen molar-refractivity contribution < 1.29 is 19.2 Å². The van der Waals surface area contributed by atoms with Crippen molar-refractivity contribution in [2.45, 2.75) is 24.8 Å². The summed E-state index contributed by atoms with van der Waals surface area (Å²) >= 11 is 1.27. The second-order valence-electron chi connectivity index (χ2n) is 6.74. The Morgan fingerprint density at radius 2 is 1.86 bits per heavy atom. The van der Waals surface area contributed by atoms with Gasteiger partial charge < -0.3 is 14.8 Å². The third kappa shape index (κ3) is 4.22. The topological polar surface area (TPSA) is 90.7 Å². The maximum absolute atomic E-state index is 12.8. The van der Waals surface area contributed by atoms with Crippen LogP contribution in [0.5, 0.6) is 11.5 Å². The molecule has 3 rings (SSSR count). The molecule has 0 unspecified atom stereocenters. The largest absolute Gasteiger partial charge is 0.486 e. The van der Waals surface area contributed by atoms with E-state index in [1.807, 2.05) is 32.0 Å². The first-order valence-corrected chi connectivity index (χ1v) is 10.2. The molecule has 1 atom stereocenters. The van der Waals surface area contributed by atoms with E-state index in [1.54, 1.807) is 18.4 Å². The minimum atomic E-state index is -0.469. The van der Waals surface area contributed by atoms with Gasteiger partial charge in [-0.05, 0) is 42.0 Å². The Labute approximate surface area is 167 Å². The van der Waals surface area contributed by atoms with Crippen molar-refractivity contribution in [2.75, 3.05) is 19.5 Å². The number of amides is 1. The molecule has 7 nitrogen and oxygen atoms in total. The number of ether oxygens (including phenoxy) is 2. The zero-order valence-electron chi connectivity index (χ0n) is 15.9. The van der Waals surface area contributed by atoms with Crippen molar-refractivity contribution in [1.82, 2.24) is 5.32 Å². The van der Waals surface area contributed by atoms with Gasteiger partial charge in [-0.1, -0.05) is 19.9 Å². The van der Waals surface area contributed by atoms with Gasteiger partial charge in [0, 0.05) is 11.6 Å². The van der Waals surface area contributed by atoms with Gasteiger partial charge in [0.05, 0.1) is 15.9 Å². The van der Waals surface area contributed by atoms with E-state index in [0.717, 1.165) is 5.56 Å². The molecule has 0 aliphatic carbocycles. The molecule has 8 heteroatoms. The molecule has 1 heterocycles.